The number of phosphoric acid groups is 1. The third kappa shape index (κ3) is 11.4. The zero-order valence-corrected chi connectivity index (χ0v) is 15.6. The van der Waals surface area contributed by atoms with Gasteiger partial charge in [-0.05, 0) is 24.5 Å². The summed E-state index contributed by atoms with van der Waals surface area (Å²) in [6, 6.07) is 9.84. The fraction of sp³-hybridized carbons (Fsp3) is 0.529. The van der Waals surface area contributed by atoms with Crippen molar-refractivity contribution < 1.29 is 27.7 Å². The van der Waals surface area contributed by atoms with E-state index in [2.05, 4.69) is 0 Å². The maximum absolute atomic E-state index is 11.5. The van der Waals surface area contributed by atoms with Crippen molar-refractivity contribution in [2.45, 2.75) is 12.8 Å². The predicted molar refractivity (Wildman–Crippen MR) is 93.1 cm³/mol. The molecule has 0 saturated carbocycles. The fourth-order valence-electron chi connectivity index (χ4n) is 1.69. The minimum Gasteiger partial charge on any atom is -0.756 e. The lowest BCUT2D eigenvalue weighted by molar-refractivity contribution is -0.870. The average molecular weight is 357 g/mol. The largest absolute Gasteiger partial charge is 0.756 e. The molecule has 136 valence electrons. The van der Waals surface area contributed by atoms with Crippen molar-refractivity contribution in [2.75, 3.05) is 47.5 Å². The number of hydrogen-bond donors (Lipinski definition) is 0. The second kappa shape index (κ2) is 10.6. The van der Waals surface area contributed by atoms with Gasteiger partial charge in [-0.2, -0.15) is 0 Å². The molecule has 0 heterocycles. The van der Waals surface area contributed by atoms with Crippen LogP contribution in [-0.2, 0) is 18.3 Å². The molecule has 0 aliphatic carbocycles. The molecule has 1 unspecified atom stereocenters. The van der Waals surface area contributed by atoms with Crippen LogP contribution in [0.1, 0.15) is 18.4 Å². The van der Waals surface area contributed by atoms with E-state index in [-0.39, 0.29) is 13.2 Å². The lowest BCUT2D eigenvalue weighted by Gasteiger charge is -2.27. The Balaban J connectivity index is 2.04. The number of ether oxygens (including phenoxy) is 1. The van der Waals surface area contributed by atoms with Gasteiger partial charge in [-0.25, -0.2) is 0 Å². The Morgan fingerprint density at radius 2 is 1.67 bits per heavy atom. The first-order valence-corrected chi connectivity index (χ1v) is 9.48. The quantitative estimate of drug-likeness (QED) is 0.249. The summed E-state index contributed by atoms with van der Waals surface area (Å²) in [5, 5.41) is 0. The molecule has 0 aromatic heterocycles. The van der Waals surface area contributed by atoms with E-state index in [4.69, 9.17) is 13.8 Å². The van der Waals surface area contributed by atoms with Crippen molar-refractivity contribution in [2.24, 2.45) is 0 Å². The zero-order valence-electron chi connectivity index (χ0n) is 14.7. The SMILES string of the molecule is C[N+](C)(C)CCOP(=O)([O-])OCCCCOC=Cc1ccccc1. The number of rotatable bonds is 12. The molecule has 1 aromatic carbocycles. The zero-order chi connectivity index (χ0) is 17.9. The Hall–Kier alpha value is -1.17. The highest BCUT2D eigenvalue weighted by atomic mass is 31.2. The molecule has 0 aliphatic heterocycles. The Morgan fingerprint density at radius 3 is 2.33 bits per heavy atom. The van der Waals surface area contributed by atoms with Gasteiger partial charge in [-0.3, -0.25) is 4.57 Å². The van der Waals surface area contributed by atoms with Crippen LogP contribution in [0, 0.1) is 0 Å². The van der Waals surface area contributed by atoms with Crippen LogP contribution in [0.3, 0.4) is 0 Å². The van der Waals surface area contributed by atoms with E-state index in [9.17, 15) is 9.46 Å². The Labute approximate surface area is 144 Å². The molecular weight excluding hydrogens is 329 g/mol. The van der Waals surface area contributed by atoms with Gasteiger partial charge in [0.05, 0.1) is 40.6 Å². The number of unbranched alkanes of at least 4 members (excludes halogenated alkanes) is 1. The summed E-state index contributed by atoms with van der Waals surface area (Å²) in [6.07, 6.45) is 4.81. The van der Waals surface area contributed by atoms with E-state index in [0.717, 1.165) is 5.56 Å². The monoisotopic (exact) mass is 357 g/mol. The van der Waals surface area contributed by atoms with Gasteiger partial charge < -0.3 is 23.2 Å². The summed E-state index contributed by atoms with van der Waals surface area (Å²) in [4.78, 5) is 11.5. The molecule has 0 saturated heterocycles. The molecule has 0 fully saturated rings. The van der Waals surface area contributed by atoms with Crippen molar-refractivity contribution in [1.29, 1.82) is 0 Å². The number of hydrogen-bond acceptors (Lipinski definition) is 5. The highest BCUT2D eigenvalue weighted by Crippen LogP contribution is 2.38. The summed E-state index contributed by atoms with van der Waals surface area (Å²) in [5.41, 5.74) is 1.07. The van der Waals surface area contributed by atoms with Crippen LogP contribution in [0.4, 0.5) is 0 Å². The lowest BCUT2D eigenvalue weighted by atomic mass is 10.2. The van der Waals surface area contributed by atoms with Gasteiger partial charge in [-0.1, -0.05) is 30.3 Å². The molecule has 1 aromatic rings. The number of quaternary nitrogens is 1. The van der Waals surface area contributed by atoms with E-state index >= 15 is 0 Å². The summed E-state index contributed by atoms with van der Waals surface area (Å²) in [7, 11) is 1.70. The molecule has 0 aliphatic rings. The molecule has 0 amide bonds. The van der Waals surface area contributed by atoms with E-state index in [1.165, 1.54) is 0 Å². The minimum absolute atomic E-state index is 0.108. The Bertz CT molecular complexity index is 528. The van der Waals surface area contributed by atoms with Gasteiger partial charge in [0, 0.05) is 0 Å². The molecule has 1 atom stereocenters. The third-order valence-corrected chi connectivity index (χ3v) is 4.07. The van der Waals surface area contributed by atoms with Gasteiger partial charge >= 0.3 is 0 Å². The maximum Gasteiger partial charge on any atom is 0.268 e. The standard InChI is InChI=1S/C17H28NO5P/c1-18(2,3)12-16-23-24(19,20)22-14-8-7-13-21-15-11-17-9-5-4-6-10-17/h4-6,9-11,15H,7-8,12-14,16H2,1-3H3. The highest BCUT2D eigenvalue weighted by molar-refractivity contribution is 7.45. The molecule has 6 nitrogen and oxygen atoms in total. The minimum atomic E-state index is -4.19. The van der Waals surface area contributed by atoms with Crippen molar-refractivity contribution in [3.8, 4) is 0 Å². The first-order valence-electron chi connectivity index (χ1n) is 8.02. The van der Waals surface area contributed by atoms with Crippen molar-refractivity contribution in [1.82, 2.24) is 0 Å². The van der Waals surface area contributed by atoms with Gasteiger partial charge in [0.1, 0.15) is 13.2 Å². The third-order valence-electron chi connectivity index (χ3n) is 3.07. The number of phosphoric ester groups is 1. The molecule has 0 N–H and O–H groups in total. The fourth-order valence-corrected chi connectivity index (χ4v) is 2.42. The van der Waals surface area contributed by atoms with Crippen LogP contribution >= 0.6 is 7.82 Å². The van der Waals surface area contributed by atoms with Crippen molar-refractivity contribution in [3.05, 3.63) is 42.2 Å². The van der Waals surface area contributed by atoms with Gasteiger partial charge in [0.15, 0.2) is 0 Å². The van der Waals surface area contributed by atoms with E-state index in [0.29, 0.717) is 30.5 Å². The second-order valence-corrected chi connectivity index (χ2v) is 7.83. The Morgan fingerprint density at radius 1 is 1.04 bits per heavy atom. The predicted octanol–water partition coefficient (Wildman–Crippen LogP) is 2.66. The van der Waals surface area contributed by atoms with E-state index in [1.54, 1.807) is 6.26 Å². The van der Waals surface area contributed by atoms with Crippen LogP contribution in [-0.4, -0.2) is 52.0 Å². The number of benzene rings is 1. The normalized spacial score (nSPS) is 14.7. The van der Waals surface area contributed by atoms with Crippen LogP contribution in [0.25, 0.3) is 6.08 Å². The molecule has 0 spiro atoms. The molecule has 0 radical (unpaired) electrons. The van der Waals surface area contributed by atoms with Crippen LogP contribution in [0.15, 0.2) is 36.6 Å². The van der Waals surface area contributed by atoms with E-state index in [1.807, 2.05) is 57.6 Å². The van der Waals surface area contributed by atoms with Gasteiger partial charge in [0.2, 0.25) is 0 Å². The van der Waals surface area contributed by atoms with E-state index < -0.39 is 7.82 Å². The van der Waals surface area contributed by atoms with Crippen LogP contribution in [0.2, 0.25) is 0 Å². The summed E-state index contributed by atoms with van der Waals surface area (Å²) in [5.74, 6) is 0. The molecule has 7 heteroatoms. The average Bonchev–Trinajstić information content (AvgIpc) is 2.49. The van der Waals surface area contributed by atoms with Gasteiger partial charge in [-0.15, -0.1) is 0 Å². The highest BCUT2D eigenvalue weighted by Gasteiger charge is 2.12. The van der Waals surface area contributed by atoms with Crippen molar-refractivity contribution in [3.63, 3.8) is 0 Å². The van der Waals surface area contributed by atoms with Crippen LogP contribution < -0.4 is 4.89 Å². The van der Waals surface area contributed by atoms with Crippen LogP contribution in [0.5, 0.6) is 0 Å². The first kappa shape index (κ1) is 20.9. The smallest absolute Gasteiger partial charge is 0.268 e. The molecule has 24 heavy (non-hydrogen) atoms. The second-order valence-electron chi connectivity index (χ2n) is 6.42. The summed E-state index contributed by atoms with van der Waals surface area (Å²) < 4.78 is 27.2. The summed E-state index contributed by atoms with van der Waals surface area (Å²) >= 11 is 0. The maximum atomic E-state index is 11.5. The Kier molecular flexibility index (Phi) is 9.26. The van der Waals surface area contributed by atoms with Crippen molar-refractivity contribution >= 4 is 13.9 Å². The number of likely N-dealkylation sites (N-methyl/N-ethyl adjacent to an activating group) is 1. The number of nitrogens with zero attached hydrogens (tertiary/aromatic N) is 1. The molecule has 1 rings (SSSR count). The molecule has 0 bridgehead atoms. The summed E-state index contributed by atoms with van der Waals surface area (Å²) in [6.45, 7) is 1.34. The lowest BCUT2D eigenvalue weighted by Crippen LogP contribution is -2.37. The molecular formula is C17H28NO5P. The topological polar surface area (TPSA) is 67.8 Å². The first-order chi connectivity index (χ1) is 11.3. The van der Waals surface area contributed by atoms with Gasteiger partial charge in [0.25, 0.3) is 7.82 Å².